The van der Waals surface area contributed by atoms with E-state index in [0.717, 1.165) is 42.6 Å². The van der Waals surface area contributed by atoms with Crippen LogP contribution in [0.4, 0.5) is 0 Å². The van der Waals surface area contributed by atoms with Gasteiger partial charge >= 0.3 is 0 Å². The molecule has 0 bridgehead atoms. The number of nitrogens with one attached hydrogen (secondary N) is 1. The minimum Gasteiger partial charge on any atom is -0.494 e. The van der Waals surface area contributed by atoms with Crippen LogP contribution in [0.25, 0.3) is 0 Å². The quantitative estimate of drug-likeness (QED) is 0.723. The third-order valence-corrected chi connectivity index (χ3v) is 7.24. The highest BCUT2D eigenvalue weighted by atomic mass is 32.2. The number of ether oxygens (including phenoxy) is 1. The average Bonchev–Trinajstić information content (AvgIpc) is 3.03. The number of hydrogen-bond acceptors (Lipinski definition) is 4. The van der Waals surface area contributed by atoms with Gasteiger partial charge in [-0.15, -0.1) is 0 Å². The van der Waals surface area contributed by atoms with Gasteiger partial charge in [0.2, 0.25) is 10.0 Å². The van der Waals surface area contributed by atoms with Crippen molar-refractivity contribution >= 4 is 15.9 Å². The van der Waals surface area contributed by atoms with E-state index >= 15 is 0 Å². The highest BCUT2D eigenvalue weighted by Crippen LogP contribution is 2.23. The number of carbonyl (C=O) groups excluding carboxylic acids is 1. The molecule has 3 rings (SSSR count). The molecule has 1 amide bonds. The molecule has 1 aliphatic rings. The Labute approximate surface area is 179 Å². The molecule has 0 spiro atoms. The van der Waals surface area contributed by atoms with E-state index in [-0.39, 0.29) is 10.8 Å². The van der Waals surface area contributed by atoms with Gasteiger partial charge in [0.15, 0.2) is 0 Å². The lowest BCUT2D eigenvalue weighted by Gasteiger charge is -2.20. The van der Waals surface area contributed by atoms with Crippen LogP contribution in [0.5, 0.6) is 5.75 Å². The molecule has 2 aromatic rings. The molecule has 6 nitrogen and oxygen atoms in total. The highest BCUT2D eigenvalue weighted by molar-refractivity contribution is 7.89. The molecule has 1 aliphatic heterocycles. The minimum absolute atomic E-state index is 0.182. The number of amides is 1. The number of benzene rings is 2. The fraction of sp³-hybridized carbons (Fsp3) is 0.435. The number of carbonyl (C=O) groups is 1. The van der Waals surface area contributed by atoms with Crippen LogP contribution in [-0.2, 0) is 16.6 Å². The summed E-state index contributed by atoms with van der Waals surface area (Å²) in [5.74, 6) is 0.504. The van der Waals surface area contributed by atoms with Crippen LogP contribution in [0.1, 0.15) is 54.1 Å². The summed E-state index contributed by atoms with van der Waals surface area (Å²) in [6, 6.07) is 12.3. The van der Waals surface area contributed by atoms with E-state index in [1.165, 1.54) is 6.07 Å². The smallest absolute Gasteiger partial charge is 0.251 e. The molecular weight excluding hydrogens is 400 g/mol. The molecule has 0 atom stereocenters. The van der Waals surface area contributed by atoms with Crippen molar-refractivity contribution in [2.45, 2.75) is 51.0 Å². The lowest BCUT2D eigenvalue weighted by Crippen LogP contribution is -2.32. The topological polar surface area (TPSA) is 75.7 Å². The van der Waals surface area contributed by atoms with Crippen LogP contribution < -0.4 is 10.1 Å². The Morgan fingerprint density at radius 2 is 1.70 bits per heavy atom. The van der Waals surface area contributed by atoms with Gasteiger partial charge in [-0.3, -0.25) is 4.79 Å². The Morgan fingerprint density at radius 1 is 1.03 bits per heavy atom. The van der Waals surface area contributed by atoms with Crippen molar-refractivity contribution in [3.05, 3.63) is 59.2 Å². The van der Waals surface area contributed by atoms with E-state index in [1.54, 1.807) is 16.4 Å². The SMILES string of the molecule is CCOc1ccc(CNC(=O)c2cc(S(=O)(=O)N3CCCCCC3)ccc2C)cc1. The lowest BCUT2D eigenvalue weighted by atomic mass is 10.1. The standard InChI is InChI=1S/C23H30N2O4S/c1-3-29-20-11-9-19(10-12-20)17-24-23(26)22-16-21(13-8-18(22)2)30(27,28)25-14-6-4-5-7-15-25/h8-13,16H,3-7,14-15,17H2,1-2H3,(H,24,26). The molecule has 1 saturated heterocycles. The molecule has 0 radical (unpaired) electrons. The predicted octanol–water partition coefficient (Wildman–Crippen LogP) is 3.89. The predicted molar refractivity (Wildman–Crippen MR) is 117 cm³/mol. The van der Waals surface area contributed by atoms with Crippen molar-refractivity contribution in [1.82, 2.24) is 9.62 Å². The third-order valence-electron chi connectivity index (χ3n) is 5.34. The first kappa shape index (κ1) is 22.3. The van der Waals surface area contributed by atoms with Gasteiger partial charge in [0.1, 0.15) is 5.75 Å². The van der Waals surface area contributed by atoms with Crippen LogP contribution in [0, 0.1) is 6.92 Å². The van der Waals surface area contributed by atoms with Crippen molar-refractivity contribution in [3.8, 4) is 5.75 Å². The molecule has 162 valence electrons. The minimum atomic E-state index is -3.60. The second-order valence-corrected chi connectivity index (χ2v) is 9.49. The van der Waals surface area contributed by atoms with Crippen molar-refractivity contribution in [1.29, 1.82) is 0 Å². The van der Waals surface area contributed by atoms with Crippen molar-refractivity contribution in [3.63, 3.8) is 0 Å². The molecule has 7 heteroatoms. The molecule has 1 N–H and O–H groups in total. The largest absolute Gasteiger partial charge is 0.494 e. The van der Waals surface area contributed by atoms with Crippen LogP contribution >= 0.6 is 0 Å². The molecule has 1 fully saturated rings. The molecule has 0 unspecified atom stereocenters. The number of rotatable bonds is 7. The van der Waals surface area contributed by atoms with E-state index in [1.807, 2.05) is 38.1 Å². The van der Waals surface area contributed by atoms with Gasteiger partial charge in [0, 0.05) is 25.2 Å². The normalized spacial score (nSPS) is 15.4. The summed E-state index contributed by atoms with van der Waals surface area (Å²) in [4.78, 5) is 13.0. The second-order valence-electron chi connectivity index (χ2n) is 7.55. The van der Waals surface area contributed by atoms with E-state index in [4.69, 9.17) is 4.74 Å². The number of aryl methyl sites for hydroxylation is 1. The summed E-state index contributed by atoms with van der Waals surface area (Å²) in [5.41, 5.74) is 2.07. The Hall–Kier alpha value is -2.38. The number of sulfonamides is 1. The highest BCUT2D eigenvalue weighted by Gasteiger charge is 2.26. The summed E-state index contributed by atoms with van der Waals surface area (Å²) in [6.45, 7) is 5.77. The maximum absolute atomic E-state index is 13.1. The molecule has 0 saturated carbocycles. The maximum Gasteiger partial charge on any atom is 0.251 e. The molecule has 1 heterocycles. The van der Waals surface area contributed by atoms with E-state index < -0.39 is 10.0 Å². The van der Waals surface area contributed by atoms with Gasteiger partial charge in [-0.25, -0.2) is 8.42 Å². The van der Waals surface area contributed by atoms with Crippen LogP contribution in [0.3, 0.4) is 0 Å². The zero-order valence-electron chi connectivity index (χ0n) is 17.7. The molecule has 0 aliphatic carbocycles. The van der Waals surface area contributed by atoms with Gasteiger partial charge in [-0.1, -0.05) is 31.0 Å². The average molecular weight is 431 g/mol. The summed E-state index contributed by atoms with van der Waals surface area (Å²) in [6.07, 6.45) is 3.86. The first-order valence-corrected chi connectivity index (χ1v) is 12.0. The van der Waals surface area contributed by atoms with Gasteiger partial charge in [0.05, 0.1) is 11.5 Å². The van der Waals surface area contributed by atoms with Crippen molar-refractivity contribution in [2.75, 3.05) is 19.7 Å². The Bertz CT molecular complexity index is 963. The van der Waals surface area contributed by atoms with Crippen LogP contribution in [-0.4, -0.2) is 38.3 Å². The monoisotopic (exact) mass is 430 g/mol. The van der Waals surface area contributed by atoms with Crippen LogP contribution in [0.15, 0.2) is 47.4 Å². The molecule has 30 heavy (non-hydrogen) atoms. The molecule has 2 aromatic carbocycles. The fourth-order valence-electron chi connectivity index (χ4n) is 3.59. The Kier molecular flexibility index (Phi) is 7.50. The third kappa shape index (κ3) is 5.40. The van der Waals surface area contributed by atoms with Gasteiger partial charge in [-0.2, -0.15) is 4.31 Å². The van der Waals surface area contributed by atoms with Gasteiger partial charge in [-0.05, 0) is 62.1 Å². The fourth-order valence-corrected chi connectivity index (χ4v) is 5.13. The summed E-state index contributed by atoms with van der Waals surface area (Å²) < 4.78 is 33.1. The summed E-state index contributed by atoms with van der Waals surface area (Å²) in [7, 11) is -3.60. The summed E-state index contributed by atoms with van der Waals surface area (Å²) >= 11 is 0. The number of hydrogen-bond donors (Lipinski definition) is 1. The van der Waals surface area contributed by atoms with E-state index in [9.17, 15) is 13.2 Å². The van der Waals surface area contributed by atoms with E-state index in [0.29, 0.717) is 31.8 Å². The summed E-state index contributed by atoms with van der Waals surface area (Å²) in [5, 5.41) is 2.89. The Morgan fingerprint density at radius 3 is 2.33 bits per heavy atom. The lowest BCUT2D eigenvalue weighted by molar-refractivity contribution is 0.0950. The molecule has 0 aromatic heterocycles. The molecular formula is C23H30N2O4S. The maximum atomic E-state index is 13.1. The zero-order valence-corrected chi connectivity index (χ0v) is 18.5. The van der Waals surface area contributed by atoms with Crippen molar-refractivity contribution in [2.24, 2.45) is 0 Å². The van der Waals surface area contributed by atoms with E-state index in [2.05, 4.69) is 5.32 Å². The number of nitrogens with zero attached hydrogens (tertiary/aromatic N) is 1. The first-order chi connectivity index (χ1) is 14.4. The van der Waals surface area contributed by atoms with Crippen molar-refractivity contribution < 1.29 is 17.9 Å². The second kappa shape index (κ2) is 10.1. The Balaban J connectivity index is 1.73. The zero-order chi connectivity index (χ0) is 21.6. The van der Waals surface area contributed by atoms with Gasteiger partial charge in [0.25, 0.3) is 5.91 Å². The first-order valence-electron chi connectivity index (χ1n) is 10.5. The van der Waals surface area contributed by atoms with Crippen LogP contribution in [0.2, 0.25) is 0 Å². The van der Waals surface area contributed by atoms with Gasteiger partial charge < -0.3 is 10.1 Å².